The number of nitrogens with zero attached hydrogens (tertiary/aromatic N) is 2. The number of rotatable bonds is 4. The minimum Gasteiger partial charge on any atom is -0.365 e. The molecule has 0 saturated carbocycles. The van der Waals surface area contributed by atoms with Gasteiger partial charge in [0, 0.05) is 27.2 Å². The van der Waals surface area contributed by atoms with Crippen molar-refractivity contribution in [1.29, 1.82) is 0 Å². The van der Waals surface area contributed by atoms with Crippen LogP contribution in [-0.2, 0) is 0 Å². The van der Waals surface area contributed by atoms with Crippen molar-refractivity contribution in [1.82, 2.24) is 10.2 Å². The maximum atomic E-state index is 3.86. The van der Waals surface area contributed by atoms with Crippen LogP contribution in [0.25, 0.3) is 0 Å². The molecule has 1 N–H and O–H groups in total. The van der Waals surface area contributed by atoms with Crippen molar-refractivity contribution in [3.63, 3.8) is 0 Å². The van der Waals surface area contributed by atoms with E-state index in [1.165, 1.54) is 0 Å². The van der Waals surface area contributed by atoms with E-state index in [1.54, 1.807) is 7.05 Å². The van der Waals surface area contributed by atoms with Gasteiger partial charge in [0.2, 0.25) is 0 Å². The normalized spacial score (nSPS) is 10.6. The molecule has 0 saturated heterocycles. The summed E-state index contributed by atoms with van der Waals surface area (Å²) >= 11 is 0. The summed E-state index contributed by atoms with van der Waals surface area (Å²) in [5.41, 5.74) is 0. The summed E-state index contributed by atoms with van der Waals surface area (Å²) in [5.74, 6) is 0. The summed E-state index contributed by atoms with van der Waals surface area (Å²) in [7, 11) is 5.72. The minimum absolute atomic E-state index is 1.00. The van der Waals surface area contributed by atoms with Crippen LogP contribution < -0.4 is 5.32 Å². The lowest BCUT2D eigenvalue weighted by atomic mass is 10.6. The first-order valence-electron chi connectivity index (χ1n) is 3.08. The third-order valence-electron chi connectivity index (χ3n) is 1.03. The molecule has 0 fully saturated rings. The average molecular weight is 129 g/mol. The topological polar surface area (TPSA) is 27.6 Å². The lowest BCUT2D eigenvalue weighted by Crippen LogP contribution is -2.26. The molecule has 9 heavy (non-hydrogen) atoms. The Kier molecular flexibility index (Phi) is 5.21. The molecule has 0 aromatic carbocycles. The maximum absolute atomic E-state index is 3.86. The first-order chi connectivity index (χ1) is 4.31. The minimum atomic E-state index is 1.00. The highest BCUT2D eigenvalue weighted by molar-refractivity contribution is 5.53. The standard InChI is InChI=1S/C6H15N3/c1-7-4-5-9(3)6-8-2/h6-7H,4-5H2,1-3H3/b8-6+. The SMILES string of the molecule is C/N=C/N(C)CCNC. The van der Waals surface area contributed by atoms with Crippen molar-refractivity contribution in [2.75, 3.05) is 34.2 Å². The fraction of sp³-hybridized carbons (Fsp3) is 0.833. The molecule has 0 aromatic rings. The van der Waals surface area contributed by atoms with Gasteiger partial charge in [-0.05, 0) is 7.05 Å². The fourth-order valence-corrected chi connectivity index (χ4v) is 0.543. The number of hydrogen-bond acceptors (Lipinski definition) is 2. The van der Waals surface area contributed by atoms with Crippen molar-refractivity contribution in [3.8, 4) is 0 Å². The Morgan fingerprint density at radius 3 is 2.78 bits per heavy atom. The molecule has 3 heteroatoms. The van der Waals surface area contributed by atoms with Gasteiger partial charge < -0.3 is 10.2 Å². The molecule has 3 nitrogen and oxygen atoms in total. The second kappa shape index (κ2) is 5.56. The molecule has 0 spiro atoms. The fourth-order valence-electron chi connectivity index (χ4n) is 0.543. The van der Waals surface area contributed by atoms with Crippen molar-refractivity contribution in [3.05, 3.63) is 0 Å². The molecule has 0 amide bonds. The van der Waals surface area contributed by atoms with Crippen LogP contribution in [0.3, 0.4) is 0 Å². The van der Waals surface area contributed by atoms with Crippen LogP contribution in [0.2, 0.25) is 0 Å². The van der Waals surface area contributed by atoms with Gasteiger partial charge in [-0.25, -0.2) is 0 Å². The first-order valence-corrected chi connectivity index (χ1v) is 3.08. The third kappa shape index (κ3) is 5.30. The van der Waals surface area contributed by atoms with E-state index in [0.717, 1.165) is 13.1 Å². The van der Waals surface area contributed by atoms with Crippen LogP contribution in [0.15, 0.2) is 4.99 Å². The van der Waals surface area contributed by atoms with E-state index in [9.17, 15) is 0 Å². The zero-order valence-electron chi connectivity index (χ0n) is 6.39. The molecule has 0 radical (unpaired) electrons. The van der Waals surface area contributed by atoms with Crippen LogP contribution in [0, 0.1) is 0 Å². The zero-order chi connectivity index (χ0) is 7.11. The summed E-state index contributed by atoms with van der Waals surface area (Å²) in [4.78, 5) is 5.90. The number of nitrogens with one attached hydrogen (secondary N) is 1. The monoisotopic (exact) mass is 129 g/mol. The van der Waals surface area contributed by atoms with E-state index < -0.39 is 0 Å². The molecule has 0 heterocycles. The van der Waals surface area contributed by atoms with Gasteiger partial charge in [-0.3, -0.25) is 4.99 Å². The van der Waals surface area contributed by atoms with Gasteiger partial charge in [0.1, 0.15) is 0 Å². The van der Waals surface area contributed by atoms with Gasteiger partial charge >= 0.3 is 0 Å². The number of aliphatic imine (C=N–C) groups is 1. The summed E-state index contributed by atoms with van der Waals surface area (Å²) < 4.78 is 0. The molecule has 0 bridgehead atoms. The van der Waals surface area contributed by atoms with Gasteiger partial charge in [-0.1, -0.05) is 0 Å². The van der Waals surface area contributed by atoms with Gasteiger partial charge in [-0.2, -0.15) is 0 Å². The molecule has 0 rings (SSSR count). The average Bonchev–Trinajstić information content (AvgIpc) is 1.85. The highest BCUT2D eigenvalue weighted by atomic mass is 15.1. The Balaban J connectivity index is 3.15. The Bertz CT molecular complexity index is 80.4. The molecule has 0 aromatic heterocycles. The van der Waals surface area contributed by atoms with Gasteiger partial charge in [0.15, 0.2) is 0 Å². The molecule has 0 unspecified atom stereocenters. The summed E-state index contributed by atoms with van der Waals surface area (Å²) in [6.07, 6.45) is 1.82. The Labute approximate surface area is 56.8 Å². The van der Waals surface area contributed by atoms with E-state index >= 15 is 0 Å². The lowest BCUT2D eigenvalue weighted by molar-refractivity contribution is 0.507. The molecule has 0 atom stereocenters. The second-order valence-electron chi connectivity index (χ2n) is 1.96. The van der Waals surface area contributed by atoms with Crippen molar-refractivity contribution in [2.45, 2.75) is 0 Å². The van der Waals surface area contributed by atoms with E-state index in [1.807, 2.05) is 25.3 Å². The second-order valence-corrected chi connectivity index (χ2v) is 1.96. The summed E-state index contributed by atoms with van der Waals surface area (Å²) in [5, 5.41) is 3.05. The van der Waals surface area contributed by atoms with E-state index in [2.05, 4.69) is 10.3 Å². The molecule has 54 valence electrons. The Hall–Kier alpha value is -0.570. The highest BCUT2D eigenvalue weighted by Gasteiger charge is 1.86. The van der Waals surface area contributed by atoms with Crippen LogP contribution in [0.1, 0.15) is 0 Å². The molecular weight excluding hydrogens is 114 g/mol. The Morgan fingerprint density at radius 1 is 1.67 bits per heavy atom. The molecule has 0 aliphatic carbocycles. The smallest absolute Gasteiger partial charge is 0.0844 e. The lowest BCUT2D eigenvalue weighted by Gasteiger charge is -2.10. The van der Waals surface area contributed by atoms with Crippen molar-refractivity contribution in [2.24, 2.45) is 4.99 Å². The number of likely N-dealkylation sites (N-methyl/N-ethyl adjacent to an activating group) is 2. The third-order valence-corrected chi connectivity index (χ3v) is 1.03. The molecular formula is C6H15N3. The van der Waals surface area contributed by atoms with Crippen LogP contribution in [0.5, 0.6) is 0 Å². The quantitative estimate of drug-likeness (QED) is 0.420. The first kappa shape index (κ1) is 8.43. The largest absolute Gasteiger partial charge is 0.365 e. The zero-order valence-corrected chi connectivity index (χ0v) is 6.39. The van der Waals surface area contributed by atoms with Gasteiger partial charge in [0.25, 0.3) is 0 Å². The van der Waals surface area contributed by atoms with E-state index in [0.29, 0.717) is 0 Å². The van der Waals surface area contributed by atoms with E-state index in [-0.39, 0.29) is 0 Å². The van der Waals surface area contributed by atoms with Gasteiger partial charge in [-0.15, -0.1) is 0 Å². The van der Waals surface area contributed by atoms with Crippen LogP contribution in [0.4, 0.5) is 0 Å². The Morgan fingerprint density at radius 2 is 2.33 bits per heavy atom. The molecule has 0 aliphatic heterocycles. The van der Waals surface area contributed by atoms with Gasteiger partial charge in [0.05, 0.1) is 6.34 Å². The summed E-state index contributed by atoms with van der Waals surface area (Å²) in [6, 6.07) is 0. The predicted molar refractivity (Wildman–Crippen MR) is 41.0 cm³/mol. The summed E-state index contributed by atoms with van der Waals surface area (Å²) in [6.45, 7) is 2.01. The molecule has 0 aliphatic rings. The van der Waals surface area contributed by atoms with E-state index in [4.69, 9.17) is 0 Å². The van der Waals surface area contributed by atoms with Crippen molar-refractivity contribution < 1.29 is 0 Å². The maximum Gasteiger partial charge on any atom is 0.0844 e. The number of hydrogen-bond donors (Lipinski definition) is 1. The predicted octanol–water partition coefficient (Wildman–Crippen LogP) is -0.204. The van der Waals surface area contributed by atoms with Crippen LogP contribution >= 0.6 is 0 Å². The highest BCUT2D eigenvalue weighted by Crippen LogP contribution is 1.72. The van der Waals surface area contributed by atoms with Crippen LogP contribution in [-0.4, -0.2) is 45.5 Å². The van der Waals surface area contributed by atoms with Crippen molar-refractivity contribution >= 4 is 6.34 Å².